The zero-order valence-corrected chi connectivity index (χ0v) is 19.4. The summed E-state index contributed by atoms with van der Waals surface area (Å²) < 4.78 is 49.8. The van der Waals surface area contributed by atoms with Gasteiger partial charge in [0.15, 0.2) is 6.61 Å². The number of carbonyl (C=O) groups excluding carboxylic acids is 2. The van der Waals surface area contributed by atoms with Crippen LogP contribution in [0, 0.1) is 5.92 Å². The Labute approximate surface area is 201 Å². The maximum absolute atomic E-state index is 13.4. The number of alkyl halides is 3. The Kier molecular flexibility index (Phi) is 8.26. The van der Waals surface area contributed by atoms with Gasteiger partial charge in [-0.25, -0.2) is 4.79 Å². The van der Waals surface area contributed by atoms with Crippen LogP contribution in [0.3, 0.4) is 0 Å². The van der Waals surface area contributed by atoms with E-state index in [4.69, 9.17) is 10.5 Å². The Morgan fingerprint density at radius 1 is 1.11 bits per heavy atom. The quantitative estimate of drug-likeness (QED) is 0.372. The predicted octanol–water partition coefficient (Wildman–Crippen LogP) is 4.33. The lowest BCUT2D eigenvalue weighted by atomic mass is 9.73. The van der Waals surface area contributed by atoms with E-state index in [1.54, 1.807) is 24.3 Å². The van der Waals surface area contributed by atoms with E-state index in [0.717, 1.165) is 31.4 Å². The van der Waals surface area contributed by atoms with E-state index in [9.17, 15) is 27.9 Å². The molecule has 0 bridgehead atoms. The minimum Gasteiger partial charge on any atom is -0.482 e. The van der Waals surface area contributed by atoms with Gasteiger partial charge in [-0.05, 0) is 54.7 Å². The summed E-state index contributed by atoms with van der Waals surface area (Å²) in [6.07, 6.45) is -0.894. The molecular weight excluding hydrogens is 465 g/mol. The highest BCUT2D eigenvalue weighted by molar-refractivity contribution is 5.98. The van der Waals surface area contributed by atoms with Gasteiger partial charge in [-0.15, -0.1) is 0 Å². The van der Waals surface area contributed by atoms with Crippen LogP contribution in [0.15, 0.2) is 42.5 Å². The number of aliphatic hydroxyl groups is 1. The molecule has 1 saturated carbocycles. The monoisotopic (exact) mass is 494 g/mol. The van der Waals surface area contributed by atoms with E-state index in [1.165, 1.54) is 13.2 Å². The van der Waals surface area contributed by atoms with Gasteiger partial charge in [-0.1, -0.05) is 31.4 Å². The van der Waals surface area contributed by atoms with Crippen molar-refractivity contribution in [2.45, 2.75) is 50.3 Å². The zero-order valence-electron chi connectivity index (χ0n) is 19.4. The molecule has 190 valence electrons. The standard InChI is InChI=1S/C25H29F3N2O5/c1-34-22(31)15-35-19-9-5-6-16(12-19)14-24(33,17-7-3-2-4-8-17)23(32)30-18-10-11-21(29)20(13-18)25(26,27)28/h5-6,9-13,17,33H,2-4,7-8,14-15,29H2,1H3,(H,30,32). The second kappa shape index (κ2) is 11.0. The highest BCUT2D eigenvalue weighted by Gasteiger charge is 2.44. The smallest absolute Gasteiger partial charge is 0.418 e. The van der Waals surface area contributed by atoms with Crippen molar-refractivity contribution in [3.63, 3.8) is 0 Å². The fourth-order valence-corrected chi connectivity index (χ4v) is 4.37. The largest absolute Gasteiger partial charge is 0.482 e. The SMILES string of the molecule is COC(=O)COc1cccc(CC(O)(C(=O)Nc2ccc(N)c(C(F)(F)F)c2)C2CCCCC2)c1. The lowest BCUT2D eigenvalue weighted by Crippen LogP contribution is -2.51. The highest BCUT2D eigenvalue weighted by atomic mass is 19.4. The minimum absolute atomic E-state index is 0.0833. The van der Waals surface area contributed by atoms with Crippen LogP contribution in [-0.4, -0.2) is 36.3 Å². The number of nitrogen functional groups attached to an aromatic ring is 1. The normalized spacial score (nSPS) is 16.3. The van der Waals surface area contributed by atoms with Gasteiger partial charge in [0.05, 0.1) is 12.7 Å². The molecule has 7 nitrogen and oxygen atoms in total. The van der Waals surface area contributed by atoms with Crippen molar-refractivity contribution in [3.8, 4) is 5.75 Å². The van der Waals surface area contributed by atoms with E-state index in [2.05, 4.69) is 10.1 Å². The first kappa shape index (κ1) is 26.3. The maximum atomic E-state index is 13.4. The molecule has 0 aliphatic heterocycles. The van der Waals surface area contributed by atoms with E-state index in [0.29, 0.717) is 24.2 Å². The summed E-state index contributed by atoms with van der Waals surface area (Å²) in [5.41, 5.74) is 2.52. The number of hydrogen-bond donors (Lipinski definition) is 3. The van der Waals surface area contributed by atoms with Crippen LogP contribution in [0.2, 0.25) is 0 Å². The van der Waals surface area contributed by atoms with Gasteiger partial charge >= 0.3 is 12.1 Å². The molecule has 1 aliphatic rings. The first-order valence-electron chi connectivity index (χ1n) is 11.3. The molecule has 10 heteroatoms. The number of ether oxygens (including phenoxy) is 2. The summed E-state index contributed by atoms with van der Waals surface area (Å²) in [6, 6.07) is 9.70. The fourth-order valence-electron chi connectivity index (χ4n) is 4.37. The molecule has 3 rings (SSSR count). The van der Waals surface area contributed by atoms with Crippen LogP contribution >= 0.6 is 0 Å². The Morgan fingerprint density at radius 3 is 2.49 bits per heavy atom. The third-order valence-corrected chi connectivity index (χ3v) is 6.25. The average molecular weight is 495 g/mol. The van der Waals surface area contributed by atoms with Gasteiger partial charge in [-0.2, -0.15) is 13.2 Å². The number of nitrogens with two attached hydrogens (primary N) is 1. The molecule has 4 N–H and O–H groups in total. The van der Waals surface area contributed by atoms with Crippen molar-refractivity contribution in [2.24, 2.45) is 5.92 Å². The third-order valence-electron chi connectivity index (χ3n) is 6.25. The highest BCUT2D eigenvalue weighted by Crippen LogP contribution is 2.38. The molecular formula is C25H29F3N2O5. The van der Waals surface area contributed by atoms with Gasteiger partial charge in [0, 0.05) is 17.8 Å². The van der Waals surface area contributed by atoms with Crippen LogP contribution < -0.4 is 15.8 Å². The molecule has 2 aromatic carbocycles. The van der Waals surface area contributed by atoms with Gasteiger partial charge in [-0.3, -0.25) is 4.79 Å². The number of halogens is 3. The van der Waals surface area contributed by atoms with Crippen molar-refractivity contribution in [1.82, 2.24) is 0 Å². The Bertz CT molecular complexity index is 1050. The molecule has 1 atom stereocenters. The van der Waals surface area contributed by atoms with Gasteiger partial charge < -0.3 is 25.6 Å². The average Bonchev–Trinajstić information content (AvgIpc) is 2.83. The number of anilines is 2. The van der Waals surface area contributed by atoms with Crippen molar-refractivity contribution in [1.29, 1.82) is 0 Å². The number of amides is 1. The number of esters is 1. The first-order chi connectivity index (χ1) is 16.5. The molecule has 2 aromatic rings. The lowest BCUT2D eigenvalue weighted by molar-refractivity contribution is -0.143. The second-order valence-electron chi connectivity index (χ2n) is 8.70. The van der Waals surface area contributed by atoms with Crippen molar-refractivity contribution < 1.29 is 37.3 Å². The molecule has 1 fully saturated rings. The van der Waals surface area contributed by atoms with E-state index >= 15 is 0 Å². The number of rotatable bonds is 8. The molecule has 0 aromatic heterocycles. The van der Waals surface area contributed by atoms with Crippen molar-refractivity contribution in [3.05, 3.63) is 53.6 Å². The third kappa shape index (κ3) is 6.66. The van der Waals surface area contributed by atoms with E-state index in [1.807, 2.05) is 0 Å². The van der Waals surface area contributed by atoms with E-state index in [-0.39, 0.29) is 24.6 Å². The Hall–Kier alpha value is -3.27. The van der Waals surface area contributed by atoms with Crippen molar-refractivity contribution >= 4 is 23.3 Å². The molecule has 0 radical (unpaired) electrons. The van der Waals surface area contributed by atoms with Crippen LogP contribution in [0.4, 0.5) is 24.5 Å². The Balaban J connectivity index is 1.86. The lowest BCUT2D eigenvalue weighted by Gasteiger charge is -2.37. The fraction of sp³-hybridized carbons (Fsp3) is 0.440. The number of methoxy groups -OCH3 is 1. The summed E-state index contributed by atoms with van der Waals surface area (Å²) in [4.78, 5) is 24.7. The number of carbonyl (C=O) groups is 2. The Morgan fingerprint density at radius 2 is 1.83 bits per heavy atom. The summed E-state index contributed by atoms with van der Waals surface area (Å²) in [5, 5.41) is 14.1. The minimum atomic E-state index is -4.69. The number of nitrogens with one attached hydrogen (secondary N) is 1. The summed E-state index contributed by atoms with van der Waals surface area (Å²) in [6.45, 7) is -0.300. The van der Waals surface area contributed by atoms with Crippen molar-refractivity contribution in [2.75, 3.05) is 24.8 Å². The van der Waals surface area contributed by atoms with Gasteiger partial charge in [0.25, 0.3) is 5.91 Å². The topological polar surface area (TPSA) is 111 Å². The molecule has 0 saturated heterocycles. The second-order valence-corrected chi connectivity index (χ2v) is 8.70. The van der Waals surface area contributed by atoms with Crippen LogP contribution in [0.5, 0.6) is 5.75 Å². The molecule has 0 spiro atoms. The number of hydrogen-bond acceptors (Lipinski definition) is 6. The zero-order chi connectivity index (χ0) is 25.6. The molecule has 1 unspecified atom stereocenters. The first-order valence-corrected chi connectivity index (χ1v) is 11.3. The maximum Gasteiger partial charge on any atom is 0.418 e. The van der Waals surface area contributed by atoms with Crippen LogP contribution in [0.1, 0.15) is 43.2 Å². The molecule has 35 heavy (non-hydrogen) atoms. The summed E-state index contributed by atoms with van der Waals surface area (Å²) >= 11 is 0. The van der Waals surface area contributed by atoms with Gasteiger partial charge in [0.2, 0.25) is 0 Å². The van der Waals surface area contributed by atoms with Crippen LogP contribution in [0.25, 0.3) is 0 Å². The summed E-state index contributed by atoms with van der Waals surface area (Å²) in [7, 11) is 1.24. The van der Waals surface area contributed by atoms with Gasteiger partial charge in [0.1, 0.15) is 11.4 Å². The number of benzene rings is 2. The molecule has 0 heterocycles. The predicted molar refractivity (Wildman–Crippen MR) is 124 cm³/mol. The van der Waals surface area contributed by atoms with Crippen LogP contribution in [-0.2, 0) is 26.9 Å². The molecule has 1 amide bonds. The molecule has 1 aliphatic carbocycles. The van der Waals surface area contributed by atoms with E-state index < -0.39 is 34.9 Å². The summed E-state index contributed by atoms with van der Waals surface area (Å²) in [5.74, 6) is -1.38.